The number of ether oxygens (including phenoxy) is 1. The maximum Gasteiger partial charge on any atom is 0.224 e. The first-order valence-electron chi connectivity index (χ1n) is 7.21. The van der Waals surface area contributed by atoms with Gasteiger partial charge in [0, 0.05) is 30.2 Å². The van der Waals surface area contributed by atoms with Gasteiger partial charge in [0.25, 0.3) is 0 Å². The van der Waals surface area contributed by atoms with Crippen molar-refractivity contribution in [2.75, 3.05) is 40.4 Å². The molecule has 1 heterocycles. The molecule has 2 N–H and O–H groups in total. The topological polar surface area (TPSA) is 57.4 Å². The SMILES string of the molecule is CN(C)CCOCCNC(=O)Cc1c[nH]c2ccccc12. The molecule has 0 bridgehead atoms. The first kappa shape index (κ1) is 15.5. The molecule has 0 saturated carbocycles. The minimum atomic E-state index is 0.0240. The average Bonchev–Trinajstić information content (AvgIpc) is 2.86. The Hall–Kier alpha value is -1.85. The Labute approximate surface area is 125 Å². The number of amides is 1. The van der Waals surface area contributed by atoms with Gasteiger partial charge in [-0.2, -0.15) is 0 Å². The molecule has 0 saturated heterocycles. The molecule has 1 amide bonds. The molecule has 0 fully saturated rings. The number of aromatic nitrogens is 1. The lowest BCUT2D eigenvalue weighted by Crippen LogP contribution is -2.29. The van der Waals surface area contributed by atoms with Crippen LogP contribution >= 0.6 is 0 Å². The van der Waals surface area contributed by atoms with Crippen molar-refractivity contribution in [3.8, 4) is 0 Å². The fourth-order valence-electron chi connectivity index (χ4n) is 2.13. The second-order valence-corrected chi connectivity index (χ2v) is 5.30. The smallest absolute Gasteiger partial charge is 0.224 e. The minimum Gasteiger partial charge on any atom is -0.378 e. The van der Waals surface area contributed by atoms with Gasteiger partial charge < -0.3 is 19.9 Å². The quantitative estimate of drug-likeness (QED) is 0.722. The van der Waals surface area contributed by atoms with Crippen LogP contribution in [-0.4, -0.2) is 56.2 Å². The van der Waals surface area contributed by atoms with E-state index in [0.717, 1.165) is 23.0 Å². The van der Waals surface area contributed by atoms with Crippen molar-refractivity contribution in [2.45, 2.75) is 6.42 Å². The van der Waals surface area contributed by atoms with Gasteiger partial charge in [-0.1, -0.05) is 18.2 Å². The number of rotatable bonds is 8. The summed E-state index contributed by atoms with van der Waals surface area (Å²) in [5.74, 6) is 0.0240. The number of hydrogen-bond donors (Lipinski definition) is 2. The molecule has 0 spiro atoms. The number of benzene rings is 1. The molecule has 0 unspecified atom stereocenters. The molecule has 0 aliphatic heterocycles. The number of aromatic amines is 1. The zero-order chi connectivity index (χ0) is 15.1. The summed E-state index contributed by atoms with van der Waals surface area (Å²) >= 11 is 0. The molecule has 0 atom stereocenters. The maximum atomic E-state index is 11.9. The van der Waals surface area contributed by atoms with Crippen LogP contribution in [0.4, 0.5) is 0 Å². The number of H-pyrrole nitrogens is 1. The van der Waals surface area contributed by atoms with Crippen LogP contribution in [0, 0.1) is 0 Å². The molecular formula is C16H23N3O2. The fourth-order valence-corrected chi connectivity index (χ4v) is 2.13. The molecule has 21 heavy (non-hydrogen) atoms. The Bertz CT molecular complexity index is 578. The average molecular weight is 289 g/mol. The second kappa shape index (κ2) is 7.81. The molecule has 0 aliphatic rings. The molecule has 0 aliphatic carbocycles. The molecule has 1 aromatic heterocycles. The second-order valence-electron chi connectivity index (χ2n) is 5.30. The summed E-state index contributed by atoms with van der Waals surface area (Å²) in [6.07, 6.45) is 2.29. The summed E-state index contributed by atoms with van der Waals surface area (Å²) in [6.45, 7) is 2.68. The van der Waals surface area contributed by atoms with E-state index in [1.54, 1.807) is 0 Å². The first-order valence-corrected chi connectivity index (χ1v) is 7.21. The van der Waals surface area contributed by atoms with Crippen molar-refractivity contribution in [3.05, 3.63) is 36.0 Å². The lowest BCUT2D eigenvalue weighted by Gasteiger charge is -2.10. The van der Waals surface area contributed by atoms with Gasteiger partial charge in [0.05, 0.1) is 19.6 Å². The van der Waals surface area contributed by atoms with Crippen molar-refractivity contribution in [3.63, 3.8) is 0 Å². The highest BCUT2D eigenvalue weighted by atomic mass is 16.5. The third-order valence-corrected chi connectivity index (χ3v) is 3.28. The Kier molecular flexibility index (Phi) is 5.78. The highest BCUT2D eigenvalue weighted by Crippen LogP contribution is 2.17. The third kappa shape index (κ3) is 4.88. The van der Waals surface area contributed by atoms with Gasteiger partial charge >= 0.3 is 0 Å². The number of likely N-dealkylation sites (N-methyl/N-ethyl adjacent to an activating group) is 1. The Morgan fingerprint density at radius 1 is 1.29 bits per heavy atom. The molecule has 2 aromatic rings. The molecular weight excluding hydrogens is 266 g/mol. The first-order chi connectivity index (χ1) is 10.2. The maximum absolute atomic E-state index is 11.9. The van der Waals surface area contributed by atoms with E-state index in [1.165, 1.54) is 0 Å². The lowest BCUT2D eigenvalue weighted by molar-refractivity contribution is -0.120. The number of carbonyl (C=O) groups excluding carboxylic acids is 1. The van der Waals surface area contributed by atoms with Crippen LogP contribution in [0.5, 0.6) is 0 Å². The summed E-state index contributed by atoms with van der Waals surface area (Å²) in [5.41, 5.74) is 2.09. The molecule has 5 nitrogen and oxygen atoms in total. The number of nitrogens with zero attached hydrogens (tertiary/aromatic N) is 1. The molecule has 114 valence electrons. The van der Waals surface area contributed by atoms with Gasteiger partial charge in [-0.15, -0.1) is 0 Å². The normalized spacial score (nSPS) is 11.2. The molecule has 0 radical (unpaired) electrons. The number of hydrogen-bond acceptors (Lipinski definition) is 3. The number of carbonyl (C=O) groups is 1. The summed E-state index contributed by atoms with van der Waals surface area (Å²) in [5, 5.41) is 3.99. The zero-order valence-electron chi connectivity index (χ0n) is 12.7. The lowest BCUT2D eigenvalue weighted by atomic mass is 10.1. The van der Waals surface area contributed by atoms with Gasteiger partial charge in [0.2, 0.25) is 5.91 Å². The van der Waals surface area contributed by atoms with Gasteiger partial charge in [-0.05, 0) is 25.7 Å². The highest BCUT2D eigenvalue weighted by molar-refractivity contribution is 5.88. The number of fused-ring (bicyclic) bond motifs is 1. The van der Waals surface area contributed by atoms with Crippen LogP contribution in [0.15, 0.2) is 30.5 Å². The Morgan fingerprint density at radius 2 is 2.10 bits per heavy atom. The Morgan fingerprint density at radius 3 is 2.90 bits per heavy atom. The summed E-state index contributed by atoms with van der Waals surface area (Å²) in [7, 11) is 4.01. The predicted octanol–water partition coefficient (Wildman–Crippen LogP) is 1.40. The van der Waals surface area contributed by atoms with Gasteiger partial charge in [-0.25, -0.2) is 0 Å². The van der Waals surface area contributed by atoms with Crippen LogP contribution in [-0.2, 0) is 16.0 Å². The zero-order valence-corrected chi connectivity index (χ0v) is 12.7. The van der Waals surface area contributed by atoms with Crippen LogP contribution < -0.4 is 5.32 Å². The van der Waals surface area contributed by atoms with Crippen molar-refractivity contribution in [1.82, 2.24) is 15.2 Å². The van der Waals surface area contributed by atoms with E-state index in [-0.39, 0.29) is 5.91 Å². The number of para-hydroxylation sites is 1. The van der Waals surface area contributed by atoms with Gasteiger partial charge in [0.1, 0.15) is 0 Å². The fraction of sp³-hybridized carbons (Fsp3) is 0.438. The monoisotopic (exact) mass is 289 g/mol. The van der Waals surface area contributed by atoms with Gasteiger partial charge in [0.15, 0.2) is 0 Å². The van der Waals surface area contributed by atoms with E-state index in [4.69, 9.17) is 4.74 Å². The van der Waals surface area contributed by atoms with E-state index in [1.807, 2.05) is 44.6 Å². The summed E-state index contributed by atoms with van der Waals surface area (Å²) < 4.78 is 5.44. The van der Waals surface area contributed by atoms with Crippen LogP contribution in [0.3, 0.4) is 0 Å². The van der Waals surface area contributed by atoms with Crippen LogP contribution in [0.25, 0.3) is 10.9 Å². The van der Waals surface area contributed by atoms with Crippen molar-refractivity contribution >= 4 is 16.8 Å². The van der Waals surface area contributed by atoms with Gasteiger partial charge in [-0.3, -0.25) is 4.79 Å². The van der Waals surface area contributed by atoms with E-state index in [2.05, 4.69) is 15.2 Å². The van der Waals surface area contributed by atoms with E-state index >= 15 is 0 Å². The van der Waals surface area contributed by atoms with Crippen molar-refractivity contribution in [1.29, 1.82) is 0 Å². The molecule has 2 rings (SSSR count). The third-order valence-electron chi connectivity index (χ3n) is 3.28. The summed E-state index contributed by atoms with van der Waals surface area (Å²) in [6, 6.07) is 8.00. The minimum absolute atomic E-state index is 0.0240. The van der Waals surface area contributed by atoms with E-state index in [0.29, 0.717) is 26.2 Å². The van der Waals surface area contributed by atoms with Crippen LogP contribution in [0.1, 0.15) is 5.56 Å². The van der Waals surface area contributed by atoms with E-state index < -0.39 is 0 Å². The standard InChI is InChI=1S/C16H23N3O2/c1-19(2)8-10-21-9-7-17-16(20)11-13-12-18-15-6-4-3-5-14(13)15/h3-6,12,18H,7-11H2,1-2H3,(H,17,20). The largest absolute Gasteiger partial charge is 0.378 e. The highest BCUT2D eigenvalue weighted by Gasteiger charge is 2.07. The predicted molar refractivity (Wildman–Crippen MR) is 84.4 cm³/mol. The van der Waals surface area contributed by atoms with Crippen molar-refractivity contribution < 1.29 is 9.53 Å². The summed E-state index contributed by atoms with van der Waals surface area (Å²) in [4.78, 5) is 17.2. The van der Waals surface area contributed by atoms with Crippen LogP contribution in [0.2, 0.25) is 0 Å². The Balaban J connectivity index is 1.70. The van der Waals surface area contributed by atoms with Crippen molar-refractivity contribution in [2.24, 2.45) is 0 Å². The molecule has 1 aromatic carbocycles. The number of nitrogens with one attached hydrogen (secondary N) is 2. The molecule has 5 heteroatoms. The van der Waals surface area contributed by atoms with E-state index in [9.17, 15) is 4.79 Å².